The summed E-state index contributed by atoms with van der Waals surface area (Å²) in [4.78, 5) is 18.1. The van der Waals surface area contributed by atoms with Gasteiger partial charge >= 0.3 is 0 Å². The number of imidazole rings is 1. The lowest BCUT2D eigenvalue weighted by molar-refractivity contribution is 0.134. The number of piperazine rings is 1. The summed E-state index contributed by atoms with van der Waals surface area (Å²) in [5.41, 5.74) is 6.09. The average Bonchev–Trinajstić information content (AvgIpc) is 3.58. The van der Waals surface area contributed by atoms with E-state index in [0.29, 0.717) is 6.04 Å². The molecule has 0 spiro atoms. The number of hydrogen-bond acceptors (Lipinski definition) is 6. The smallest absolute Gasteiger partial charge is 0.159 e. The number of aliphatic imine (C=N–C) groups is 1. The van der Waals surface area contributed by atoms with Crippen LogP contribution >= 0.6 is 0 Å². The maximum atomic E-state index is 5.01. The maximum absolute atomic E-state index is 5.01. The van der Waals surface area contributed by atoms with Crippen LogP contribution in [0.15, 0.2) is 71.4 Å². The minimum Gasteiger partial charge on any atom is -0.366 e. The number of aromatic amines is 2. The molecule has 4 aromatic rings. The molecule has 0 amide bonds. The summed E-state index contributed by atoms with van der Waals surface area (Å²) in [6, 6.07) is 15.2. The van der Waals surface area contributed by atoms with Crippen LogP contribution < -0.4 is 5.32 Å². The van der Waals surface area contributed by atoms with E-state index in [1.807, 2.05) is 24.3 Å². The Morgan fingerprint density at radius 1 is 1.06 bits per heavy atom. The van der Waals surface area contributed by atoms with Gasteiger partial charge in [0, 0.05) is 42.3 Å². The third kappa shape index (κ3) is 3.44. The normalized spacial score (nSPS) is 24.5. The molecule has 35 heavy (non-hydrogen) atoms. The summed E-state index contributed by atoms with van der Waals surface area (Å²) in [6.07, 6.45) is 6.83. The zero-order valence-electron chi connectivity index (χ0n) is 19.9. The van der Waals surface area contributed by atoms with Gasteiger partial charge in [0.15, 0.2) is 5.82 Å². The molecule has 2 aromatic carbocycles. The molecule has 4 heterocycles. The number of allylic oxidation sites excluding steroid dienone is 1. The SMILES string of the molecule is CC1CN(C)CCN1C1=CC2NC(c3ccc4[nH]nc(-c5nc6ccccc6[nH]5)c4c3)=NC2C=C1. The minimum absolute atomic E-state index is 0.117. The fourth-order valence-electron chi connectivity index (χ4n) is 5.53. The van der Waals surface area contributed by atoms with Crippen molar-refractivity contribution in [3.05, 3.63) is 72.0 Å². The molecule has 8 heteroatoms. The van der Waals surface area contributed by atoms with Crippen molar-refractivity contribution in [1.29, 1.82) is 0 Å². The predicted molar refractivity (Wildman–Crippen MR) is 139 cm³/mol. The summed E-state index contributed by atoms with van der Waals surface area (Å²) < 4.78 is 0. The van der Waals surface area contributed by atoms with E-state index in [-0.39, 0.29) is 12.1 Å². The molecular weight excluding hydrogens is 436 g/mol. The van der Waals surface area contributed by atoms with E-state index in [1.165, 1.54) is 5.70 Å². The predicted octanol–water partition coefficient (Wildman–Crippen LogP) is 3.28. The van der Waals surface area contributed by atoms with Crippen LogP contribution in [0.4, 0.5) is 0 Å². The first-order valence-corrected chi connectivity index (χ1v) is 12.3. The van der Waals surface area contributed by atoms with E-state index in [2.05, 4.69) is 80.7 Å². The average molecular weight is 465 g/mol. The van der Waals surface area contributed by atoms with Crippen molar-refractivity contribution in [1.82, 2.24) is 35.3 Å². The number of nitrogens with zero attached hydrogens (tertiary/aromatic N) is 5. The van der Waals surface area contributed by atoms with Crippen LogP contribution in [0.2, 0.25) is 0 Å². The molecule has 176 valence electrons. The van der Waals surface area contributed by atoms with Gasteiger partial charge in [-0.15, -0.1) is 0 Å². The van der Waals surface area contributed by atoms with Gasteiger partial charge in [-0.2, -0.15) is 5.10 Å². The Kier molecular flexibility index (Phi) is 4.57. The van der Waals surface area contributed by atoms with E-state index in [1.54, 1.807) is 0 Å². The van der Waals surface area contributed by atoms with E-state index in [4.69, 9.17) is 9.98 Å². The fourth-order valence-corrected chi connectivity index (χ4v) is 5.53. The Hall–Kier alpha value is -3.91. The Morgan fingerprint density at radius 3 is 2.86 bits per heavy atom. The van der Waals surface area contributed by atoms with E-state index in [0.717, 1.165) is 64.5 Å². The summed E-state index contributed by atoms with van der Waals surface area (Å²) in [5.74, 6) is 1.69. The molecule has 1 fully saturated rings. The zero-order valence-corrected chi connectivity index (χ0v) is 19.9. The first-order valence-electron chi connectivity index (χ1n) is 12.3. The third-order valence-electron chi connectivity index (χ3n) is 7.38. The molecule has 3 atom stereocenters. The van der Waals surface area contributed by atoms with Crippen molar-refractivity contribution < 1.29 is 0 Å². The molecule has 3 N–H and O–H groups in total. The minimum atomic E-state index is 0.117. The molecule has 2 aromatic heterocycles. The van der Waals surface area contributed by atoms with E-state index >= 15 is 0 Å². The highest BCUT2D eigenvalue weighted by molar-refractivity contribution is 6.05. The highest BCUT2D eigenvalue weighted by Gasteiger charge is 2.31. The van der Waals surface area contributed by atoms with Crippen LogP contribution in [-0.2, 0) is 0 Å². The lowest BCUT2D eigenvalue weighted by Crippen LogP contribution is -2.50. The van der Waals surface area contributed by atoms with Crippen LogP contribution in [-0.4, -0.2) is 80.6 Å². The van der Waals surface area contributed by atoms with Crippen molar-refractivity contribution in [2.45, 2.75) is 25.0 Å². The van der Waals surface area contributed by atoms with Gasteiger partial charge in [0.05, 0.1) is 28.6 Å². The first-order chi connectivity index (χ1) is 17.1. The van der Waals surface area contributed by atoms with Gasteiger partial charge in [0.25, 0.3) is 0 Å². The molecule has 8 nitrogen and oxygen atoms in total. The van der Waals surface area contributed by atoms with Gasteiger partial charge < -0.3 is 20.1 Å². The first kappa shape index (κ1) is 20.5. The van der Waals surface area contributed by atoms with Gasteiger partial charge in [0.1, 0.15) is 11.5 Å². The zero-order chi connectivity index (χ0) is 23.5. The topological polar surface area (TPSA) is 88.2 Å². The van der Waals surface area contributed by atoms with Gasteiger partial charge in [-0.3, -0.25) is 10.1 Å². The molecular formula is C27H28N8. The molecule has 0 radical (unpaired) electrons. The molecule has 0 bridgehead atoms. The lowest BCUT2D eigenvalue weighted by atomic mass is 10.0. The van der Waals surface area contributed by atoms with Crippen LogP contribution in [0, 0.1) is 0 Å². The number of fused-ring (bicyclic) bond motifs is 3. The number of aromatic nitrogens is 4. The van der Waals surface area contributed by atoms with E-state index in [9.17, 15) is 0 Å². The highest BCUT2D eigenvalue weighted by Crippen LogP contribution is 2.29. The second-order valence-electron chi connectivity index (χ2n) is 9.83. The number of amidine groups is 1. The van der Waals surface area contributed by atoms with Gasteiger partial charge in [0.2, 0.25) is 0 Å². The highest BCUT2D eigenvalue weighted by atomic mass is 15.3. The van der Waals surface area contributed by atoms with Crippen molar-refractivity contribution in [3.8, 4) is 11.5 Å². The number of likely N-dealkylation sites (N-methyl/N-ethyl adjacent to an activating group) is 1. The van der Waals surface area contributed by atoms with Crippen LogP contribution in [0.1, 0.15) is 12.5 Å². The molecule has 1 aliphatic carbocycles. The van der Waals surface area contributed by atoms with Gasteiger partial charge in [-0.05, 0) is 56.5 Å². The van der Waals surface area contributed by atoms with Gasteiger partial charge in [-0.1, -0.05) is 18.2 Å². The molecule has 7 rings (SSSR count). The number of hydrogen-bond donors (Lipinski definition) is 3. The molecule has 3 aliphatic rings. The Balaban J connectivity index is 1.18. The molecule has 3 unspecified atom stereocenters. The fraction of sp³-hybridized carbons (Fsp3) is 0.296. The van der Waals surface area contributed by atoms with Crippen LogP contribution in [0.3, 0.4) is 0 Å². The summed E-state index contributed by atoms with van der Waals surface area (Å²) >= 11 is 0. The quantitative estimate of drug-likeness (QED) is 0.433. The second-order valence-corrected chi connectivity index (χ2v) is 9.83. The number of nitrogens with one attached hydrogen (secondary N) is 3. The second kappa shape index (κ2) is 7.81. The largest absolute Gasteiger partial charge is 0.366 e. The summed E-state index contributed by atoms with van der Waals surface area (Å²) in [6.45, 7) is 5.55. The molecule has 2 aliphatic heterocycles. The van der Waals surface area contributed by atoms with Crippen LogP contribution in [0.5, 0.6) is 0 Å². The van der Waals surface area contributed by atoms with Crippen molar-refractivity contribution >= 4 is 27.8 Å². The maximum Gasteiger partial charge on any atom is 0.159 e. The monoisotopic (exact) mass is 464 g/mol. The van der Waals surface area contributed by atoms with Crippen molar-refractivity contribution in [2.24, 2.45) is 4.99 Å². The van der Waals surface area contributed by atoms with Gasteiger partial charge in [-0.25, -0.2) is 4.98 Å². The van der Waals surface area contributed by atoms with Crippen molar-refractivity contribution in [2.75, 3.05) is 26.7 Å². The molecule has 0 saturated carbocycles. The number of para-hydroxylation sites is 2. The Labute approximate surface area is 203 Å². The summed E-state index contributed by atoms with van der Waals surface area (Å²) in [5, 5.41) is 12.4. The third-order valence-corrected chi connectivity index (χ3v) is 7.38. The van der Waals surface area contributed by atoms with Crippen LogP contribution in [0.25, 0.3) is 33.5 Å². The lowest BCUT2D eigenvalue weighted by Gasteiger charge is -2.41. The van der Waals surface area contributed by atoms with Crippen molar-refractivity contribution in [3.63, 3.8) is 0 Å². The number of benzene rings is 2. The number of H-pyrrole nitrogens is 2. The van der Waals surface area contributed by atoms with E-state index < -0.39 is 0 Å². The molecule has 1 saturated heterocycles. The Bertz CT molecular complexity index is 1490. The number of rotatable bonds is 3. The Morgan fingerprint density at radius 2 is 1.97 bits per heavy atom. The standard InChI is InChI=1S/C27H28N8/c1-16-15-34(2)11-12-35(16)18-8-10-23-24(14-18)31-26(28-23)17-7-9-20-19(13-17)25(33-32-20)27-29-21-5-3-4-6-22(21)30-27/h3-10,13-14,16,23-24H,11-12,15H2,1-2H3,(H,28,31)(H,29,30)(H,32,33). The summed E-state index contributed by atoms with van der Waals surface area (Å²) in [7, 11) is 2.20.